The van der Waals surface area contributed by atoms with Crippen LogP contribution in [0.3, 0.4) is 0 Å². The van der Waals surface area contributed by atoms with Crippen LogP contribution in [-0.4, -0.2) is 6.29 Å². The average molecular weight is 253 g/mol. The Morgan fingerprint density at radius 1 is 1.00 bits per heavy atom. The zero-order valence-corrected chi connectivity index (χ0v) is 9.34. The Kier molecular flexibility index (Phi) is 3.20. The molecule has 0 amide bonds. The van der Waals surface area contributed by atoms with Crippen molar-refractivity contribution in [1.82, 2.24) is 0 Å². The summed E-state index contributed by atoms with van der Waals surface area (Å²) in [6, 6.07) is 8.03. The average Bonchev–Trinajstić information content (AvgIpc) is 2.30. The monoisotopic (exact) mass is 252 g/mol. The number of benzene rings is 2. The normalized spacial score (nSPS) is 10.3. The Bertz CT molecular complexity index is 582. The van der Waals surface area contributed by atoms with Crippen molar-refractivity contribution in [2.24, 2.45) is 0 Å². The first-order chi connectivity index (χ1) is 8.11. The summed E-state index contributed by atoms with van der Waals surface area (Å²) >= 11 is 5.63. The summed E-state index contributed by atoms with van der Waals surface area (Å²) in [7, 11) is 0. The van der Waals surface area contributed by atoms with E-state index in [2.05, 4.69) is 0 Å². The largest absolute Gasteiger partial charge is 0.298 e. The van der Waals surface area contributed by atoms with Gasteiger partial charge in [0.15, 0.2) is 6.29 Å². The third-order valence-corrected chi connectivity index (χ3v) is 2.60. The topological polar surface area (TPSA) is 17.1 Å². The molecule has 0 fully saturated rings. The first kappa shape index (κ1) is 11.7. The Morgan fingerprint density at radius 3 is 2.41 bits per heavy atom. The molecule has 0 aliphatic rings. The van der Waals surface area contributed by atoms with E-state index in [0.717, 1.165) is 6.07 Å². The number of hydrogen-bond acceptors (Lipinski definition) is 1. The number of carbonyl (C=O) groups is 1. The molecule has 17 heavy (non-hydrogen) atoms. The summed E-state index contributed by atoms with van der Waals surface area (Å²) in [6.07, 6.45) is 0.395. The van der Waals surface area contributed by atoms with E-state index in [9.17, 15) is 13.6 Å². The fraction of sp³-hybridized carbons (Fsp3) is 0. The molecule has 0 radical (unpaired) electrons. The van der Waals surface area contributed by atoms with Crippen molar-refractivity contribution >= 4 is 17.9 Å². The van der Waals surface area contributed by atoms with E-state index in [1.165, 1.54) is 30.3 Å². The maximum Gasteiger partial charge on any atom is 0.153 e. The summed E-state index contributed by atoms with van der Waals surface area (Å²) in [5.41, 5.74) is 0.608. The van der Waals surface area contributed by atoms with E-state index < -0.39 is 11.6 Å². The molecule has 0 spiro atoms. The van der Waals surface area contributed by atoms with E-state index in [0.29, 0.717) is 11.8 Å². The van der Waals surface area contributed by atoms with E-state index in [-0.39, 0.29) is 16.1 Å². The van der Waals surface area contributed by atoms with Crippen molar-refractivity contribution in [3.05, 3.63) is 58.6 Å². The van der Waals surface area contributed by atoms with Crippen LogP contribution in [0.25, 0.3) is 11.1 Å². The zero-order valence-electron chi connectivity index (χ0n) is 8.58. The molecular weight excluding hydrogens is 246 g/mol. The van der Waals surface area contributed by atoms with E-state index in [1.54, 1.807) is 0 Å². The first-order valence-electron chi connectivity index (χ1n) is 4.82. The van der Waals surface area contributed by atoms with Crippen LogP contribution in [0.1, 0.15) is 10.4 Å². The van der Waals surface area contributed by atoms with E-state index >= 15 is 0 Å². The zero-order chi connectivity index (χ0) is 12.4. The fourth-order valence-electron chi connectivity index (χ4n) is 1.53. The highest BCUT2D eigenvalue weighted by molar-refractivity contribution is 6.30. The van der Waals surface area contributed by atoms with Crippen LogP contribution in [0.15, 0.2) is 36.4 Å². The first-order valence-corrected chi connectivity index (χ1v) is 5.20. The Morgan fingerprint density at radius 2 is 1.76 bits per heavy atom. The molecule has 0 aliphatic heterocycles. The summed E-state index contributed by atoms with van der Waals surface area (Å²) in [5.74, 6) is -1.14. The number of aldehydes is 1. The second kappa shape index (κ2) is 4.63. The molecule has 4 heteroatoms. The van der Waals surface area contributed by atoms with Gasteiger partial charge in [-0.05, 0) is 35.9 Å². The highest BCUT2D eigenvalue weighted by Gasteiger charge is 2.08. The summed E-state index contributed by atoms with van der Waals surface area (Å²) in [6.45, 7) is 0. The van der Waals surface area contributed by atoms with Gasteiger partial charge in [0, 0.05) is 10.6 Å². The third kappa shape index (κ3) is 2.34. The van der Waals surface area contributed by atoms with Crippen LogP contribution in [0.2, 0.25) is 5.02 Å². The lowest BCUT2D eigenvalue weighted by molar-refractivity contribution is 0.112. The molecule has 0 aromatic heterocycles. The van der Waals surface area contributed by atoms with Crippen molar-refractivity contribution < 1.29 is 13.6 Å². The minimum absolute atomic E-state index is 0.100. The molecule has 1 nitrogen and oxygen atoms in total. The van der Waals surface area contributed by atoms with Crippen molar-refractivity contribution in [3.8, 4) is 11.1 Å². The molecule has 0 bridgehead atoms. The highest BCUT2D eigenvalue weighted by Crippen LogP contribution is 2.26. The quantitative estimate of drug-likeness (QED) is 0.736. The maximum atomic E-state index is 13.6. The number of carbonyl (C=O) groups excluding carboxylic acids is 1. The van der Waals surface area contributed by atoms with Crippen LogP contribution in [-0.2, 0) is 0 Å². The van der Waals surface area contributed by atoms with E-state index in [1.807, 2.05) is 0 Å². The predicted molar refractivity (Wildman–Crippen MR) is 62.2 cm³/mol. The number of hydrogen-bond donors (Lipinski definition) is 0. The molecule has 2 aromatic rings. The lowest BCUT2D eigenvalue weighted by atomic mass is 10.0. The minimum atomic E-state index is -0.627. The van der Waals surface area contributed by atoms with Crippen LogP contribution in [0.5, 0.6) is 0 Å². The van der Waals surface area contributed by atoms with Crippen molar-refractivity contribution in [1.29, 1.82) is 0 Å². The van der Waals surface area contributed by atoms with Gasteiger partial charge >= 0.3 is 0 Å². The predicted octanol–water partition coefficient (Wildman–Crippen LogP) is 4.10. The van der Waals surface area contributed by atoms with Gasteiger partial charge in [0.2, 0.25) is 0 Å². The lowest BCUT2D eigenvalue weighted by Gasteiger charge is -2.05. The van der Waals surface area contributed by atoms with Crippen LogP contribution in [0.4, 0.5) is 8.78 Å². The maximum absolute atomic E-state index is 13.6. The molecule has 0 atom stereocenters. The van der Waals surface area contributed by atoms with Crippen LogP contribution >= 0.6 is 11.6 Å². The van der Waals surface area contributed by atoms with Gasteiger partial charge in [-0.25, -0.2) is 8.78 Å². The minimum Gasteiger partial charge on any atom is -0.298 e. The van der Waals surface area contributed by atoms with Gasteiger partial charge in [-0.15, -0.1) is 0 Å². The van der Waals surface area contributed by atoms with Gasteiger partial charge in [-0.2, -0.15) is 0 Å². The SMILES string of the molecule is O=Cc1cc(-c2ccc(Cl)cc2F)ccc1F. The molecule has 0 heterocycles. The van der Waals surface area contributed by atoms with Gasteiger partial charge in [0.25, 0.3) is 0 Å². The second-order valence-electron chi connectivity index (χ2n) is 3.48. The molecule has 0 N–H and O–H groups in total. The van der Waals surface area contributed by atoms with Crippen molar-refractivity contribution in [2.75, 3.05) is 0 Å². The second-order valence-corrected chi connectivity index (χ2v) is 3.91. The smallest absolute Gasteiger partial charge is 0.153 e. The Hall–Kier alpha value is -1.74. The number of rotatable bonds is 2. The summed E-state index contributed by atoms with van der Waals surface area (Å²) in [5, 5.41) is 0.281. The Balaban J connectivity index is 2.56. The fourth-order valence-corrected chi connectivity index (χ4v) is 1.68. The van der Waals surface area contributed by atoms with Gasteiger partial charge in [0.1, 0.15) is 11.6 Å². The van der Waals surface area contributed by atoms with Gasteiger partial charge in [-0.1, -0.05) is 17.7 Å². The lowest BCUT2D eigenvalue weighted by Crippen LogP contribution is -1.90. The number of halogens is 3. The van der Waals surface area contributed by atoms with Crippen molar-refractivity contribution in [2.45, 2.75) is 0 Å². The van der Waals surface area contributed by atoms with Crippen LogP contribution in [0, 0.1) is 11.6 Å². The molecule has 0 saturated heterocycles. The standard InChI is InChI=1S/C13H7ClF2O/c14-10-2-3-11(13(16)6-10)8-1-4-12(15)9(5-8)7-17/h1-7H. The molecular formula is C13H7ClF2O. The van der Waals surface area contributed by atoms with Gasteiger partial charge in [-0.3, -0.25) is 4.79 Å². The third-order valence-electron chi connectivity index (χ3n) is 2.37. The highest BCUT2D eigenvalue weighted by atomic mass is 35.5. The molecule has 0 unspecified atom stereocenters. The molecule has 0 aliphatic carbocycles. The molecule has 2 rings (SSSR count). The molecule has 0 saturated carbocycles. The van der Waals surface area contributed by atoms with E-state index in [4.69, 9.17) is 11.6 Å². The van der Waals surface area contributed by atoms with Crippen molar-refractivity contribution in [3.63, 3.8) is 0 Å². The van der Waals surface area contributed by atoms with Crippen LogP contribution < -0.4 is 0 Å². The molecule has 86 valence electrons. The molecule has 2 aromatic carbocycles. The van der Waals surface area contributed by atoms with Gasteiger partial charge in [0.05, 0.1) is 5.56 Å². The van der Waals surface area contributed by atoms with Gasteiger partial charge < -0.3 is 0 Å². The Labute approximate surface area is 102 Å². The summed E-state index contributed by atoms with van der Waals surface area (Å²) < 4.78 is 26.7. The summed E-state index contributed by atoms with van der Waals surface area (Å²) in [4.78, 5) is 10.6.